The topological polar surface area (TPSA) is 18.5 Å². The van der Waals surface area contributed by atoms with E-state index in [0.29, 0.717) is 18.8 Å². The van der Waals surface area contributed by atoms with Crippen LogP contribution in [-0.4, -0.2) is 19.5 Å². The highest BCUT2D eigenvalue weighted by Gasteiger charge is 2.31. The van der Waals surface area contributed by atoms with E-state index < -0.39 is 0 Å². The lowest BCUT2D eigenvalue weighted by molar-refractivity contribution is -0.184. The zero-order chi connectivity index (χ0) is 7.68. The molecule has 3 atom stereocenters. The molecule has 2 nitrogen and oxygen atoms in total. The first-order chi connectivity index (χ1) is 5.36. The van der Waals surface area contributed by atoms with E-state index in [2.05, 4.69) is 6.92 Å². The molecule has 1 aliphatic heterocycles. The van der Waals surface area contributed by atoms with Gasteiger partial charge in [-0.1, -0.05) is 6.92 Å². The molecule has 1 aliphatic carbocycles. The van der Waals surface area contributed by atoms with Gasteiger partial charge < -0.3 is 9.47 Å². The summed E-state index contributed by atoms with van der Waals surface area (Å²) in [6.07, 6.45) is 4.39. The fourth-order valence-corrected chi connectivity index (χ4v) is 2.20. The lowest BCUT2D eigenvalue weighted by Gasteiger charge is -2.37. The molecule has 64 valence electrons. The highest BCUT2D eigenvalue weighted by Crippen LogP contribution is 2.32. The van der Waals surface area contributed by atoms with E-state index in [1.165, 1.54) is 19.3 Å². The maximum atomic E-state index is 5.51. The molecule has 0 aromatic heterocycles. The predicted molar refractivity (Wildman–Crippen MR) is 42.2 cm³/mol. The quantitative estimate of drug-likeness (QED) is 0.532. The lowest BCUT2D eigenvalue weighted by atomic mass is 9.80. The number of rotatable bonds is 0. The standard InChI is InChI=1S/C9H16O2/c1-7-2-3-9-8(4-7)5-10-6-11-9/h7-9H,2-6H2,1H3. The third-order valence-electron chi connectivity index (χ3n) is 2.87. The molecule has 11 heavy (non-hydrogen) atoms. The van der Waals surface area contributed by atoms with Crippen molar-refractivity contribution in [3.8, 4) is 0 Å². The molecule has 0 aromatic carbocycles. The number of ether oxygens (including phenoxy) is 2. The highest BCUT2D eigenvalue weighted by atomic mass is 16.7. The Morgan fingerprint density at radius 1 is 1.27 bits per heavy atom. The van der Waals surface area contributed by atoms with E-state index in [0.717, 1.165) is 12.5 Å². The average Bonchev–Trinajstić information content (AvgIpc) is 2.04. The van der Waals surface area contributed by atoms with E-state index in [9.17, 15) is 0 Å². The Morgan fingerprint density at radius 3 is 3.09 bits per heavy atom. The van der Waals surface area contributed by atoms with Crippen LogP contribution in [0.2, 0.25) is 0 Å². The largest absolute Gasteiger partial charge is 0.355 e. The Balaban J connectivity index is 1.93. The third kappa shape index (κ3) is 1.57. The van der Waals surface area contributed by atoms with Crippen molar-refractivity contribution in [2.75, 3.05) is 13.4 Å². The molecular weight excluding hydrogens is 140 g/mol. The maximum Gasteiger partial charge on any atom is 0.147 e. The van der Waals surface area contributed by atoms with Gasteiger partial charge in [0.05, 0.1) is 12.7 Å². The Kier molecular flexibility index (Phi) is 2.14. The van der Waals surface area contributed by atoms with Gasteiger partial charge in [-0.05, 0) is 25.2 Å². The summed E-state index contributed by atoms with van der Waals surface area (Å²) in [6.45, 7) is 3.77. The molecular formula is C9H16O2. The van der Waals surface area contributed by atoms with Gasteiger partial charge in [0.25, 0.3) is 0 Å². The van der Waals surface area contributed by atoms with Crippen LogP contribution in [-0.2, 0) is 9.47 Å². The van der Waals surface area contributed by atoms with Crippen molar-refractivity contribution in [2.45, 2.75) is 32.3 Å². The van der Waals surface area contributed by atoms with Gasteiger partial charge in [-0.2, -0.15) is 0 Å². The molecule has 0 aromatic rings. The van der Waals surface area contributed by atoms with Crippen molar-refractivity contribution in [1.29, 1.82) is 0 Å². The van der Waals surface area contributed by atoms with Gasteiger partial charge >= 0.3 is 0 Å². The minimum Gasteiger partial charge on any atom is -0.355 e. The Hall–Kier alpha value is -0.0800. The minimum absolute atomic E-state index is 0.514. The molecule has 2 heteroatoms. The summed E-state index contributed by atoms with van der Waals surface area (Å²) in [6, 6.07) is 0. The second-order valence-corrected chi connectivity index (χ2v) is 3.87. The second-order valence-electron chi connectivity index (χ2n) is 3.87. The van der Waals surface area contributed by atoms with Gasteiger partial charge in [0.15, 0.2) is 0 Å². The zero-order valence-electron chi connectivity index (χ0n) is 7.08. The van der Waals surface area contributed by atoms with E-state index in [1.807, 2.05) is 0 Å². The van der Waals surface area contributed by atoms with Crippen molar-refractivity contribution < 1.29 is 9.47 Å². The molecule has 3 unspecified atom stereocenters. The molecule has 0 radical (unpaired) electrons. The SMILES string of the molecule is CC1CCC2OCOCC2C1. The first-order valence-electron chi connectivity index (χ1n) is 4.55. The summed E-state index contributed by atoms with van der Waals surface area (Å²) in [5, 5.41) is 0. The summed E-state index contributed by atoms with van der Waals surface area (Å²) in [4.78, 5) is 0. The van der Waals surface area contributed by atoms with Crippen molar-refractivity contribution >= 4 is 0 Å². The van der Waals surface area contributed by atoms with Crippen LogP contribution in [0.25, 0.3) is 0 Å². The normalized spacial score (nSPS) is 45.0. The van der Waals surface area contributed by atoms with Crippen LogP contribution >= 0.6 is 0 Å². The number of hydrogen-bond donors (Lipinski definition) is 0. The smallest absolute Gasteiger partial charge is 0.147 e. The Bertz CT molecular complexity index is 136. The monoisotopic (exact) mass is 156 g/mol. The van der Waals surface area contributed by atoms with Crippen molar-refractivity contribution in [1.82, 2.24) is 0 Å². The summed E-state index contributed by atoms with van der Waals surface area (Å²) >= 11 is 0. The van der Waals surface area contributed by atoms with Gasteiger partial charge in [0, 0.05) is 5.92 Å². The van der Waals surface area contributed by atoms with Gasteiger partial charge in [-0.3, -0.25) is 0 Å². The zero-order valence-corrected chi connectivity index (χ0v) is 7.08. The molecule has 0 bridgehead atoms. The van der Waals surface area contributed by atoms with Gasteiger partial charge in [0.1, 0.15) is 6.79 Å². The molecule has 1 heterocycles. The van der Waals surface area contributed by atoms with Gasteiger partial charge in [0.2, 0.25) is 0 Å². The summed E-state index contributed by atoms with van der Waals surface area (Å²) in [5.41, 5.74) is 0. The Labute approximate surface area is 67.9 Å². The molecule has 0 N–H and O–H groups in total. The van der Waals surface area contributed by atoms with E-state index in [-0.39, 0.29) is 0 Å². The molecule has 0 amide bonds. The van der Waals surface area contributed by atoms with E-state index >= 15 is 0 Å². The highest BCUT2D eigenvalue weighted by molar-refractivity contribution is 4.80. The number of hydrogen-bond acceptors (Lipinski definition) is 2. The fraction of sp³-hybridized carbons (Fsp3) is 1.00. The molecule has 1 saturated carbocycles. The van der Waals surface area contributed by atoms with Crippen LogP contribution < -0.4 is 0 Å². The van der Waals surface area contributed by atoms with Crippen LogP contribution in [0.1, 0.15) is 26.2 Å². The fourth-order valence-electron chi connectivity index (χ4n) is 2.20. The van der Waals surface area contributed by atoms with Gasteiger partial charge in [-0.15, -0.1) is 0 Å². The molecule has 2 rings (SSSR count). The first-order valence-corrected chi connectivity index (χ1v) is 4.55. The van der Waals surface area contributed by atoms with Crippen molar-refractivity contribution in [2.24, 2.45) is 11.8 Å². The van der Waals surface area contributed by atoms with Crippen LogP contribution in [0, 0.1) is 11.8 Å². The third-order valence-corrected chi connectivity index (χ3v) is 2.87. The van der Waals surface area contributed by atoms with Crippen LogP contribution in [0.4, 0.5) is 0 Å². The second kappa shape index (κ2) is 3.11. The average molecular weight is 156 g/mol. The Morgan fingerprint density at radius 2 is 2.18 bits per heavy atom. The van der Waals surface area contributed by atoms with Crippen LogP contribution in [0.3, 0.4) is 0 Å². The molecule has 0 spiro atoms. The first kappa shape index (κ1) is 7.56. The van der Waals surface area contributed by atoms with Crippen molar-refractivity contribution in [3.63, 3.8) is 0 Å². The molecule has 2 fully saturated rings. The summed E-state index contributed by atoms with van der Waals surface area (Å²) in [5.74, 6) is 1.56. The summed E-state index contributed by atoms with van der Waals surface area (Å²) in [7, 11) is 0. The van der Waals surface area contributed by atoms with E-state index in [4.69, 9.17) is 9.47 Å². The predicted octanol–water partition coefficient (Wildman–Crippen LogP) is 1.80. The summed E-state index contributed by atoms with van der Waals surface area (Å²) < 4.78 is 10.8. The molecule has 1 saturated heterocycles. The maximum absolute atomic E-state index is 5.51. The minimum atomic E-state index is 0.514. The number of fused-ring (bicyclic) bond motifs is 1. The van der Waals surface area contributed by atoms with Gasteiger partial charge in [-0.25, -0.2) is 0 Å². The molecule has 2 aliphatic rings. The lowest BCUT2D eigenvalue weighted by Crippen LogP contribution is -2.38. The van der Waals surface area contributed by atoms with Crippen LogP contribution in [0.15, 0.2) is 0 Å². The van der Waals surface area contributed by atoms with Crippen LogP contribution in [0.5, 0.6) is 0 Å². The van der Waals surface area contributed by atoms with E-state index in [1.54, 1.807) is 0 Å². The van der Waals surface area contributed by atoms with Crippen molar-refractivity contribution in [3.05, 3.63) is 0 Å².